The molecule has 0 radical (unpaired) electrons. The molecule has 1 N–H and O–H groups in total. The van der Waals surface area contributed by atoms with Crippen LogP contribution < -0.4 is 10.1 Å². The summed E-state index contributed by atoms with van der Waals surface area (Å²) in [4.78, 5) is 16.2. The first kappa shape index (κ1) is 19.7. The van der Waals surface area contributed by atoms with Crippen molar-refractivity contribution in [1.29, 1.82) is 0 Å². The minimum Gasteiger partial charge on any atom is -0.393 e. The van der Waals surface area contributed by atoms with Gasteiger partial charge in [0, 0.05) is 17.3 Å². The summed E-state index contributed by atoms with van der Waals surface area (Å²) in [6.07, 6.45) is 3.78. The van der Waals surface area contributed by atoms with Gasteiger partial charge in [0.05, 0.1) is 12.7 Å². The fourth-order valence-electron chi connectivity index (χ4n) is 2.64. The van der Waals surface area contributed by atoms with Crippen molar-refractivity contribution in [2.45, 2.75) is 26.8 Å². The highest BCUT2D eigenvalue weighted by atomic mass is 35.5. The lowest BCUT2D eigenvalue weighted by atomic mass is 10.1. The van der Waals surface area contributed by atoms with Crippen molar-refractivity contribution in [3.63, 3.8) is 0 Å². The molecule has 8 heteroatoms. The predicted octanol–water partition coefficient (Wildman–Crippen LogP) is 6.11. The summed E-state index contributed by atoms with van der Waals surface area (Å²) >= 11 is 13.0. The highest BCUT2D eigenvalue weighted by molar-refractivity contribution is 7.19. The van der Waals surface area contributed by atoms with E-state index >= 15 is 0 Å². The van der Waals surface area contributed by atoms with E-state index in [9.17, 15) is 4.79 Å². The third kappa shape index (κ3) is 5.73. The Bertz CT molecular complexity index is 919. The Hall–Kier alpha value is -2.02. The molecule has 0 saturated carbocycles. The van der Waals surface area contributed by atoms with Crippen molar-refractivity contribution < 1.29 is 9.53 Å². The number of aromatic nitrogens is 2. The number of benzene rings is 1. The number of thiazole rings is 1. The zero-order valence-electron chi connectivity index (χ0n) is 14.9. The molecule has 0 atom stereocenters. The smallest absolute Gasteiger partial charge is 0.393 e. The maximum absolute atomic E-state index is 12.2. The van der Waals surface area contributed by atoms with E-state index in [2.05, 4.69) is 24.1 Å². The first-order valence-electron chi connectivity index (χ1n) is 8.42. The molecular weight excluding hydrogens is 405 g/mol. The maximum Gasteiger partial charge on any atom is 0.420 e. The van der Waals surface area contributed by atoms with E-state index in [1.165, 1.54) is 17.5 Å². The van der Waals surface area contributed by atoms with Gasteiger partial charge in [-0.2, -0.15) is 0 Å². The molecule has 1 aromatic carbocycles. The highest BCUT2D eigenvalue weighted by Gasteiger charge is 2.14. The fourth-order valence-corrected chi connectivity index (χ4v) is 3.57. The van der Waals surface area contributed by atoms with Crippen molar-refractivity contribution in [3.8, 4) is 5.88 Å². The minimum absolute atomic E-state index is 0.392. The summed E-state index contributed by atoms with van der Waals surface area (Å²) in [5.41, 5.74) is 2.17. The standard InChI is InChI=1S/C19H19Cl2N3O2S/c1-12(2)7-14-8-17(26-19(25)23-18-22-9-16(21)27-18)24(11-14)10-13-3-5-15(20)6-4-13/h3-6,8-9,11-12H,7,10H2,1-2H3,(H,22,23,25). The SMILES string of the molecule is CC(C)Cc1cc(OC(=O)Nc2ncc(Cl)s2)n(Cc2ccc(Cl)cc2)c1. The van der Waals surface area contributed by atoms with Gasteiger partial charge in [0.2, 0.25) is 5.88 Å². The zero-order valence-corrected chi connectivity index (χ0v) is 17.2. The number of hydrogen-bond acceptors (Lipinski definition) is 4. The summed E-state index contributed by atoms with van der Waals surface area (Å²) < 4.78 is 7.94. The molecule has 0 aliphatic carbocycles. The molecule has 142 valence electrons. The van der Waals surface area contributed by atoms with Crippen LogP contribution in [0.15, 0.2) is 42.7 Å². The average Bonchev–Trinajstić information content (AvgIpc) is 3.15. The highest BCUT2D eigenvalue weighted by Crippen LogP contribution is 2.25. The average molecular weight is 424 g/mol. The zero-order chi connectivity index (χ0) is 19.4. The number of carbonyl (C=O) groups is 1. The number of amides is 1. The van der Waals surface area contributed by atoms with Gasteiger partial charge in [0.15, 0.2) is 5.13 Å². The van der Waals surface area contributed by atoms with Crippen LogP contribution in [0.5, 0.6) is 5.88 Å². The Labute approximate surface area is 171 Å². The Kier molecular flexibility index (Phi) is 6.42. The Morgan fingerprint density at radius 1 is 1.26 bits per heavy atom. The number of ether oxygens (including phenoxy) is 1. The number of nitrogens with zero attached hydrogens (tertiary/aromatic N) is 2. The topological polar surface area (TPSA) is 56.1 Å². The fraction of sp³-hybridized carbons (Fsp3) is 0.263. The van der Waals surface area contributed by atoms with Gasteiger partial charge in [0.1, 0.15) is 4.34 Å². The molecule has 0 aliphatic rings. The van der Waals surface area contributed by atoms with Crippen LogP contribution in [-0.4, -0.2) is 15.6 Å². The third-order valence-corrected chi connectivity index (χ3v) is 4.99. The Morgan fingerprint density at radius 2 is 2.00 bits per heavy atom. The van der Waals surface area contributed by atoms with Crippen LogP contribution in [0.2, 0.25) is 9.36 Å². The van der Waals surface area contributed by atoms with E-state index in [4.69, 9.17) is 27.9 Å². The molecule has 2 aromatic heterocycles. The molecule has 27 heavy (non-hydrogen) atoms. The molecule has 3 rings (SSSR count). The molecule has 0 aliphatic heterocycles. The van der Waals surface area contributed by atoms with Crippen LogP contribution >= 0.6 is 34.5 Å². The first-order valence-corrected chi connectivity index (χ1v) is 10.00. The number of halogens is 2. The van der Waals surface area contributed by atoms with Crippen LogP contribution in [0.4, 0.5) is 9.93 Å². The van der Waals surface area contributed by atoms with Gasteiger partial charge in [-0.05, 0) is 35.6 Å². The number of nitrogens with one attached hydrogen (secondary N) is 1. The van der Waals surface area contributed by atoms with Crippen LogP contribution in [0.25, 0.3) is 0 Å². The van der Waals surface area contributed by atoms with Crippen molar-refractivity contribution in [2.75, 3.05) is 5.32 Å². The number of carbonyl (C=O) groups excluding carboxylic acids is 1. The second-order valence-electron chi connectivity index (χ2n) is 6.52. The largest absolute Gasteiger partial charge is 0.420 e. The number of rotatable bonds is 6. The second-order valence-corrected chi connectivity index (χ2v) is 8.62. The van der Waals surface area contributed by atoms with E-state index < -0.39 is 6.09 Å². The molecule has 5 nitrogen and oxygen atoms in total. The van der Waals surface area contributed by atoms with Gasteiger partial charge in [-0.3, -0.25) is 5.32 Å². The van der Waals surface area contributed by atoms with E-state index in [1.807, 2.05) is 41.1 Å². The van der Waals surface area contributed by atoms with Crippen LogP contribution in [0.3, 0.4) is 0 Å². The third-order valence-electron chi connectivity index (χ3n) is 3.71. The lowest BCUT2D eigenvalue weighted by molar-refractivity contribution is 0.211. The van der Waals surface area contributed by atoms with E-state index in [-0.39, 0.29) is 0 Å². The maximum atomic E-state index is 12.2. The molecule has 3 aromatic rings. The van der Waals surface area contributed by atoms with E-state index in [0.29, 0.717) is 32.8 Å². The molecular formula is C19H19Cl2N3O2S. The van der Waals surface area contributed by atoms with Crippen LogP contribution in [0.1, 0.15) is 25.0 Å². The lowest BCUT2D eigenvalue weighted by Crippen LogP contribution is -2.18. The predicted molar refractivity (Wildman–Crippen MR) is 110 cm³/mol. The monoisotopic (exact) mass is 423 g/mol. The van der Waals surface area contributed by atoms with Gasteiger partial charge in [-0.25, -0.2) is 9.78 Å². The van der Waals surface area contributed by atoms with Crippen molar-refractivity contribution in [1.82, 2.24) is 9.55 Å². The number of anilines is 1. The summed E-state index contributed by atoms with van der Waals surface area (Å²) in [6.45, 7) is 4.87. The van der Waals surface area contributed by atoms with Crippen LogP contribution in [0, 0.1) is 5.92 Å². The van der Waals surface area contributed by atoms with Crippen LogP contribution in [-0.2, 0) is 13.0 Å². The van der Waals surface area contributed by atoms with Gasteiger partial charge in [0.25, 0.3) is 0 Å². The molecule has 0 bridgehead atoms. The number of hydrogen-bond donors (Lipinski definition) is 1. The molecule has 0 unspecified atom stereocenters. The van der Waals surface area contributed by atoms with Gasteiger partial charge < -0.3 is 9.30 Å². The summed E-state index contributed by atoms with van der Waals surface area (Å²) in [7, 11) is 0. The second kappa shape index (κ2) is 8.78. The summed E-state index contributed by atoms with van der Waals surface area (Å²) in [5, 5.41) is 3.67. The van der Waals surface area contributed by atoms with E-state index in [0.717, 1.165) is 17.5 Å². The van der Waals surface area contributed by atoms with Crippen molar-refractivity contribution in [3.05, 3.63) is 63.2 Å². The lowest BCUT2D eigenvalue weighted by Gasteiger charge is -2.09. The Balaban J connectivity index is 1.77. The van der Waals surface area contributed by atoms with Gasteiger partial charge >= 0.3 is 6.09 Å². The first-order chi connectivity index (χ1) is 12.9. The van der Waals surface area contributed by atoms with Gasteiger partial charge in [-0.1, -0.05) is 60.5 Å². The molecule has 2 heterocycles. The molecule has 0 fully saturated rings. The molecule has 0 saturated heterocycles. The van der Waals surface area contributed by atoms with Crippen molar-refractivity contribution in [2.24, 2.45) is 5.92 Å². The van der Waals surface area contributed by atoms with Crippen molar-refractivity contribution >= 4 is 45.8 Å². The molecule has 1 amide bonds. The quantitative estimate of drug-likeness (QED) is 0.520. The normalized spacial score (nSPS) is 11.0. The summed E-state index contributed by atoms with van der Waals surface area (Å²) in [6, 6.07) is 9.48. The molecule has 0 spiro atoms. The minimum atomic E-state index is -0.604. The summed E-state index contributed by atoms with van der Waals surface area (Å²) in [5.74, 6) is 0.969. The van der Waals surface area contributed by atoms with E-state index in [1.54, 1.807) is 0 Å². The Morgan fingerprint density at radius 3 is 2.63 bits per heavy atom. The van der Waals surface area contributed by atoms with Gasteiger partial charge in [-0.15, -0.1) is 0 Å².